The van der Waals surface area contributed by atoms with Crippen LogP contribution in [0.15, 0.2) is 66.7 Å². The lowest BCUT2D eigenvalue weighted by molar-refractivity contribution is 0.444. The molecule has 1 saturated carbocycles. The van der Waals surface area contributed by atoms with Crippen molar-refractivity contribution in [1.82, 2.24) is 0 Å². The molecule has 1 unspecified atom stereocenters. The fourth-order valence-electron chi connectivity index (χ4n) is 3.97. The molecule has 0 radical (unpaired) electrons. The third-order valence-corrected chi connectivity index (χ3v) is 5.07. The van der Waals surface area contributed by atoms with E-state index in [1.54, 1.807) is 5.56 Å². The fraction of sp³-hybridized carbons (Fsp3) is 0.273. The Kier molecular flexibility index (Phi) is 5.13. The van der Waals surface area contributed by atoms with Crippen LogP contribution in [0.5, 0.6) is 0 Å². The molecule has 1 aliphatic rings. The van der Waals surface area contributed by atoms with E-state index in [9.17, 15) is 0 Å². The van der Waals surface area contributed by atoms with E-state index >= 15 is 0 Å². The lowest BCUT2D eigenvalue weighted by Gasteiger charge is -2.25. The van der Waals surface area contributed by atoms with Crippen molar-refractivity contribution < 1.29 is 0 Å². The van der Waals surface area contributed by atoms with Crippen LogP contribution in [0, 0.1) is 0 Å². The van der Waals surface area contributed by atoms with Gasteiger partial charge < -0.3 is 0 Å². The Bertz CT molecular complexity index is 770. The topological polar surface area (TPSA) is 0 Å². The van der Waals surface area contributed by atoms with E-state index in [0.29, 0.717) is 0 Å². The first-order chi connectivity index (χ1) is 10.9. The van der Waals surface area contributed by atoms with Gasteiger partial charge in [0.25, 0.3) is 0 Å². The lowest BCUT2D eigenvalue weighted by atomic mass is 9.79. The molecule has 0 heterocycles. The van der Waals surface area contributed by atoms with E-state index in [-0.39, 0.29) is 9.90 Å². The molecule has 118 valence electrons. The van der Waals surface area contributed by atoms with Crippen molar-refractivity contribution in [1.29, 1.82) is 0 Å². The highest BCUT2D eigenvalue weighted by atomic mass is 31.0. The molecule has 1 aliphatic carbocycles. The Balaban J connectivity index is 0.00000156. The predicted molar refractivity (Wildman–Crippen MR) is 106 cm³/mol. The maximum absolute atomic E-state index is 2.39. The Hall–Kier alpha value is -1.65. The van der Waals surface area contributed by atoms with E-state index in [0.717, 1.165) is 5.92 Å². The van der Waals surface area contributed by atoms with Crippen molar-refractivity contribution in [2.24, 2.45) is 0 Å². The monoisotopic (exact) mass is 320 g/mol. The molecular weight excluding hydrogens is 295 g/mol. The average Bonchev–Trinajstić information content (AvgIpc) is 2.62. The van der Waals surface area contributed by atoms with Gasteiger partial charge in [-0.25, -0.2) is 0 Å². The first-order valence-corrected chi connectivity index (χ1v) is 8.50. The highest BCUT2D eigenvalue weighted by molar-refractivity contribution is 6.92. The van der Waals surface area contributed by atoms with E-state index in [4.69, 9.17) is 0 Å². The summed E-state index contributed by atoms with van der Waals surface area (Å²) in [6.07, 6.45) is 6.86. The number of rotatable bonds is 2. The largest absolute Gasteiger partial charge is 0.153 e. The summed E-state index contributed by atoms with van der Waals surface area (Å²) in [5.74, 6) is 0.730. The molecule has 23 heavy (non-hydrogen) atoms. The van der Waals surface area contributed by atoms with Crippen molar-refractivity contribution in [3.63, 3.8) is 0 Å². The summed E-state index contributed by atoms with van der Waals surface area (Å²) < 4.78 is 0. The smallest absolute Gasteiger partial charge is 0.00705 e. The second kappa shape index (κ2) is 7.28. The van der Waals surface area contributed by atoms with Crippen molar-refractivity contribution in [3.05, 3.63) is 72.3 Å². The maximum atomic E-state index is 2.39. The summed E-state index contributed by atoms with van der Waals surface area (Å²) in [5.41, 5.74) is 4.38. The molecule has 1 atom stereocenters. The zero-order valence-corrected chi connectivity index (χ0v) is 15.1. The van der Waals surface area contributed by atoms with Gasteiger partial charge in [0, 0.05) is 0 Å². The van der Waals surface area contributed by atoms with Gasteiger partial charge in [-0.05, 0) is 46.2 Å². The average molecular weight is 320 g/mol. The van der Waals surface area contributed by atoms with E-state index < -0.39 is 0 Å². The van der Waals surface area contributed by atoms with Crippen LogP contribution in [-0.2, 0) is 0 Å². The molecule has 0 amide bonds. The zero-order valence-electron chi connectivity index (χ0n) is 13.7. The molecule has 1 fully saturated rings. The van der Waals surface area contributed by atoms with Crippen molar-refractivity contribution in [2.75, 3.05) is 0 Å². The van der Waals surface area contributed by atoms with E-state index in [1.807, 2.05) is 0 Å². The summed E-state index contributed by atoms with van der Waals surface area (Å²) in [5, 5.41) is 2.75. The van der Waals surface area contributed by atoms with Crippen LogP contribution in [0.1, 0.15) is 43.6 Å². The van der Waals surface area contributed by atoms with Gasteiger partial charge in [-0.2, -0.15) is 9.90 Å². The van der Waals surface area contributed by atoms with Crippen molar-refractivity contribution >= 4 is 20.7 Å². The predicted octanol–water partition coefficient (Wildman–Crippen LogP) is 6.61. The molecule has 3 aromatic rings. The van der Waals surface area contributed by atoms with Crippen LogP contribution in [-0.4, -0.2) is 0 Å². The van der Waals surface area contributed by atoms with Gasteiger partial charge in [0.05, 0.1) is 0 Å². The molecule has 1 heteroatoms. The molecule has 3 aromatic carbocycles. The molecule has 0 N–H and O–H groups in total. The van der Waals surface area contributed by atoms with Crippen molar-refractivity contribution in [3.8, 4) is 11.1 Å². The van der Waals surface area contributed by atoms with Crippen LogP contribution in [0.25, 0.3) is 21.9 Å². The first-order valence-electron chi connectivity index (χ1n) is 8.50. The summed E-state index contributed by atoms with van der Waals surface area (Å²) in [7, 11) is 0. The molecule has 0 bridgehead atoms. The first kappa shape index (κ1) is 16.2. The summed E-state index contributed by atoms with van der Waals surface area (Å²) in [6, 6.07) is 24.4. The third-order valence-electron chi connectivity index (χ3n) is 5.07. The van der Waals surface area contributed by atoms with E-state index in [1.165, 1.54) is 54.0 Å². The summed E-state index contributed by atoms with van der Waals surface area (Å²) in [4.78, 5) is 0. The second-order valence-electron chi connectivity index (χ2n) is 6.45. The Morgan fingerprint density at radius 1 is 0.652 bits per heavy atom. The standard InChI is InChI=1S/C22H22.H3P/c1-3-9-17(10-4-1)21-16-15-18-11-7-8-14-20(18)22(21)19-12-5-2-6-13-19;/h2,5-8,11-17H,1,3-4,9-10H2;1H3. The minimum Gasteiger partial charge on any atom is -0.153 e. The van der Waals surface area contributed by atoms with Gasteiger partial charge in [0.2, 0.25) is 0 Å². The Labute approximate surface area is 142 Å². The van der Waals surface area contributed by atoms with Crippen LogP contribution in [0.2, 0.25) is 0 Å². The van der Waals surface area contributed by atoms with Gasteiger partial charge in [-0.3, -0.25) is 0 Å². The lowest BCUT2D eigenvalue weighted by Crippen LogP contribution is -2.06. The number of hydrogen-bond donors (Lipinski definition) is 0. The minimum atomic E-state index is 0. The second-order valence-corrected chi connectivity index (χ2v) is 6.45. The SMILES string of the molecule is P.c1ccc(-c2c(C3CCCCC3)ccc3ccccc23)cc1. The molecular formula is C22H25P. The number of fused-ring (bicyclic) bond motifs is 1. The molecule has 0 aliphatic heterocycles. The molecule has 0 aromatic heterocycles. The van der Waals surface area contributed by atoms with Gasteiger partial charge in [-0.15, -0.1) is 0 Å². The van der Waals surface area contributed by atoms with Crippen molar-refractivity contribution in [2.45, 2.75) is 38.0 Å². The van der Waals surface area contributed by atoms with Crippen LogP contribution >= 0.6 is 9.90 Å². The van der Waals surface area contributed by atoms with Crippen LogP contribution in [0.3, 0.4) is 0 Å². The summed E-state index contributed by atoms with van der Waals surface area (Å²) >= 11 is 0. The maximum Gasteiger partial charge on any atom is -0.00705 e. The highest BCUT2D eigenvalue weighted by Gasteiger charge is 2.20. The Morgan fingerprint density at radius 3 is 2.13 bits per heavy atom. The van der Waals surface area contributed by atoms with Gasteiger partial charge in [0.1, 0.15) is 0 Å². The normalized spacial score (nSPS) is 15.3. The zero-order chi connectivity index (χ0) is 14.8. The number of hydrogen-bond acceptors (Lipinski definition) is 0. The summed E-state index contributed by atoms with van der Waals surface area (Å²) in [6.45, 7) is 0. The van der Waals surface area contributed by atoms with Crippen LogP contribution in [0.4, 0.5) is 0 Å². The van der Waals surface area contributed by atoms with Gasteiger partial charge in [-0.1, -0.05) is 86.0 Å². The van der Waals surface area contributed by atoms with E-state index in [2.05, 4.69) is 66.7 Å². The van der Waals surface area contributed by atoms with Crippen LogP contribution < -0.4 is 0 Å². The third kappa shape index (κ3) is 3.19. The fourth-order valence-corrected chi connectivity index (χ4v) is 3.97. The molecule has 4 rings (SSSR count). The number of benzene rings is 3. The molecule has 0 nitrogen and oxygen atoms in total. The molecule has 0 saturated heterocycles. The Morgan fingerprint density at radius 2 is 1.35 bits per heavy atom. The van der Waals surface area contributed by atoms with Gasteiger partial charge in [0.15, 0.2) is 0 Å². The van der Waals surface area contributed by atoms with Gasteiger partial charge >= 0.3 is 0 Å². The molecule has 0 spiro atoms. The minimum absolute atomic E-state index is 0. The highest BCUT2D eigenvalue weighted by Crippen LogP contribution is 2.41. The quantitative estimate of drug-likeness (QED) is 0.466.